The molecule has 1 aliphatic rings. The van der Waals surface area contributed by atoms with Gasteiger partial charge in [0.15, 0.2) is 0 Å². The number of benzene rings is 1. The van der Waals surface area contributed by atoms with Crippen molar-refractivity contribution in [3.8, 4) is 6.07 Å². The Kier molecular flexibility index (Phi) is 3.81. The van der Waals surface area contributed by atoms with E-state index >= 15 is 0 Å². The maximum atomic E-state index is 11.7. The Bertz CT molecular complexity index is 560. The van der Waals surface area contributed by atoms with E-state index in [1.165, 1.54) is 0 Å². The number of hydrogen-bond acceptors (Lipinski definition) is 3. The molecule has 1 aliphatic heterocycles. The van der Waals surface area contributed by atoms with E-state index in [4.69, 9.17) is 5.26 Å². The van der Waals surface area contributed by atoms with E-state index in [1.54, 1.807) is 11.0 Å². The molecule has 0 atom stereocenters. The van der Waals surface area contributed by atoms with Crippen LogP contribution in [-0.4, -0.2) is 18.4 Å². The van der Waals surface area contributed by atoms with Crippen LogP contribution in [0.4, 0.5) is 11.4 Å². The third-order valence-corrected chi connectivity index (χ3v) is 3.12. The summed E-state index contributed by atoms with van der Waals surface area (Å²) in [6.45, 7) is 2.59. The minimum atomic E-state index is -0.338. The molecule has 0 aromatic heterocycles. The van der Waals surface area contributed by atoms with Crippen molar-refractivity contribution in [2.75, 3.05) is 16.8 Å². The molecule has 0 unspecified atom stereocenters. The molecular formula is C14H15N3O2. The van der Waals surface area contributed by atoms with Crippen LogP contribution in [0.5, 0.6) is 0 Å². The number of nitriles is 1. The molecule has 0 saturated carbocycles. The molecule has 0 bridgehead atoms. The minimum absolute atomic E-state index is 0.109. The number of anilines is 2. The number of hydrogen-bond donors (Lipinski definition) is 1. The monoisotopic (exact) mass is 257 g/mol. The number of nitrogens with one attached hydrogen (secondary N) is 1. The van der Waals surface area contributed by atoms with E-state index in [0.29, 0.717) is 18.7 Å². The van der Waals surface area contributed by atoms with Gasteiger partial charge in [-0.05, 0) is 31.0 Å². The van der Waals surface area contributed by atoms with E-state index in [-0.39, 0.29) is 18.2 Å². The minimum Gasteiger partial charge on any atom is -0.325 e. The SMILES string of the molecule is Cc1ccc(N2CCCC2=O)cc1NC(=O)CC#N. The average molecular weight is 257 g/mol. The van der Waals surface area contributed by atoms with Crippen molar-refractivity contribution in [3.05, 3.63) is 23.8 Å². The Balaban J connectivity index is 2.22. The molecule has 19 heavy (non-hydrogen) atoms. The van der Waals surface area contributed by atoms with Crippen molar-refractivity contribution in [2.24, 2.45) is 0 Å². The number of carbonyl (C=O) groups is 2. The van der Waals surface area contributed by atoms with Crippen LogP contribution in [0.15, 0.2) is 18.2 Å². The highest BCUT2D eigenvalue weighted by molar-refractivity contribution is 5.97. The zero-order chi connectivity index (χ0) is 13.8. The van der Waals surface area contributed by atoms with Crippen LogP contribution in [0.25, 0.3) is 0 Å². The molecule has 2 amide bonds. The summed E-state index contributed by atoms with van der Waals surface area (Å²) in [5.41, 5.74) is 2.35. The van der Waals surface area contributed by atoms with Crippen LogP contribution in [0.2, 0.25) is 0 Å². The van der Waals surface area contributed by atoms with E-state index in [9.17, 15) is 9.59 Å². The van der Waals surface area contributed by atoms with E-state index in [0.717, 1.165) is 17.7 Å². The lowest BCUT2D eigenvalue weighted by Gasteiger charge is -2.18. The van der Waals surface area contributed by atoms with Gasteiger partial charge in [0, 0.05) is 24.3 Å². The molecular weight excluding hydrogens is 242 g/mol. The Hall–Kier alpha value is -2.35. The van der Waals surface area contributed by atoms with Gasteiger partial charge >= 0.3 is 0 Å². The lowest BCUT2D eigenvalue weighted by atomic mass is 10.1. The molecule has 0 aliphatic carbocycles. The first kappa shape index (κ1) is 13.1. The first-order valence-corrected chi connectivity index (χ1v) is 6.19. The van der Waals surface area contributed by atoms with Crippen molar-refractivity contribution < 1.29 is 9.59 Å². The Morgan fingerprint density at radius 3 is 2.95 bits per heavy atom. The zero-order valence-corrected chi connectivity index (χ0v) is 10.8. The zero-order valence-electron chi connectivity index (χ0n) is 10.8. The van der Waals surface area contributed by atoms with Crippen LogP contribution in [0.3, 0.4) is 0 Å². The standard InChI is InChI=1S/C14H15N3O2/c1-10-4-5-11(17-8-2-3-14(17)19)9-12(10)16-13(18)6-7-15/h4-5,9H,2-3,6,8H2,1H3,(H,16,18). The number of nitrogens with zero attached hydrogens (tertiary/aromatic N) is 2. The fourth-order valence-electron chi connectivity index (χ4n) is 2.10. The molecule has 1 N–H and O–H groups in total. The van der Waals surface area contributed by atoms with Gasteiger partial charge in [-0.2, -0.15) is 5.26 Å². The highest BCUT2D eigenvalue weighted by Gasteiger charge is 2.22. The molecule has 1 aromatic carbocycles. The van der Waals surface area contributed by atoms with Crippen LogP contribution < -0.4 is 10.2 Å². The number of carbonyl (C=O) groups excluding carboxylic acids is 2. The number of aryl methyl sites for hydroxylation is 1. The van der Waals surface area contributed by atoms with Crippen molar-refractivity contribution in [3.63, 3.8) is 0 Å². The van der Waals surface area contributed by atoms with Crippen molar-refractivity contribution in [1.29, 1.82) is 5.26 Å². The summed E-state index contributed by atoms with van der Waals surface area (Å²) < 4.78 is 0. The van der Waals surface area contributed by atoms with Gasteiger partial charge in [-0.3, -0.25) is 9.59 Å². The lowest BCUT2D eigenvalue weighted by molar-refractivity contribution is -0.117. The van der Waals surface area contributed by atoms with Crippen molar-refractivity contribution in [1.82, 2.24) is 0 Å². The number of rotatable bonds is 3. The number of amides is 2. The Morgan fingerprint density at radius 1 is 1.53 bits per heavy atom. The first-order chi connectivity index (χ1) is 9.11. The topological polar surface area (TPSA) is 73.2 Å². The predicted molar refractivity (Wildman–Crippen MR) is 71.6 cm³/mol. The fourth-order valence-corrected chi connectivity index (χ4v) is 2.10. The quantitative estimate of drug-likeness (QED) is 0.899. The van der Waals surface area contributed by atoms with Crippen molar-refractivity contribution in [2.45, 2.75) is 26.2 Å². The summed E-state index contributed by atoms with van der Waals surface area (Å²) in [6.07, 6.45) is 1.26. The summed E-state index contributed by atoms with van der Waals surface area (Å²) in [5, 5.41) is 11.2. The fraction of sp³-hybridized carbons (Fsp3) is 0.357. The van der Waals surface area contributed by atoms with E-state index in [1.807, 2.05) is 25.1 Å². The largest absolute Gasteiger partial charge is 0.325 e. The highest BCUT2D eigenvalue weighted by Crippen LogP contribution is 2.26. The average Bonchev–Trinajstić information content (AvgIpc) is 2.79. The molecule has 5 heteroatoms. The summed E-state index contributed by atoms with van der Waals surface area (Å²) in [5.74, 6) is -0.228. The van der Waals surface area contributed by atoms with Crippen LogP contribution >= 0.6 is 0 Å². The summed E-state index contributed by atoms with van der Waals surface area (Å²) in [4.78, 5) is 24.9. The third-order valence-electron chi connectivity index (χ3n) is 3.12. The summed E-state index contributed by atoms with van der Waals surface area (Å²) >= 11 is 0. The second kappa shape index (κ2) is 5.53. The van der Waals surface area contributed by atoms with Gasteiger partial charge in [0.05, 0.1) is 6.07 Å². The molecule has 98 valence electrons. The summed E-state index contributed by atoms with van der Waals surface area (Å²) in [7, 11) is 0. The highest BCUT2D eigenvalue weighted by atomic mass is 16.2. The van der Waals surface area contributed by atoms with Crippen LogP contribution in [-0.2, 0) is 9.59 Å². The molecule has 1 heterocycles. The molecule has 0 radical (unpaired) electrons. The molecule has 1 aromatic rings. The Labute approximate surface area is 111 Å². The Morgan fingerprint density at radius 2 is 2.32 bits per heavy atom. The lowest BCUT2D eigenvalue weighted by Crippen LogP contribution is -2.24. The smallest absolute Gasteiger partial charge is 0.238 e. The molecule has 1 fully saturated rings. The van der Waals surface area contributed by atoms with Gasteiger partial charge < -0.3 is 10.2 Å². The van der Waals surface area contributed by atoms with E-state index < -0.39 is 0 Å². The van der Waals surface area contributed by atoms with Gasteiger partial charge in [-0.1, -0.05) is 6.07 Å². The molecule has 0 spiro atoms. The molecule has 2 rings (SSSR count). The summed E-state index contributed by atoms with van der Waals surface area (Å²) in [6, 6.07) is 7.33. The van der Waals surface area contributed by atoms with Gasteiger partial charge in [-0.15, -0.1) is 0 Å². The van der Waals surface area contributed by atoms with E-state index in [2.05, 4.69) is 5.32 Å². The van der Waals surface area contributed by atoms with Gasteiger partial charge in [0.2, 0.25) is 11.8 Å². The molecule has 1 saturated heterocycles. The second-order valence-corrected chi connectivity index (χ2v) is 4.53. The van der Waals surface area contributed by atoms with Gasteiger partial charge in [0.1, 0.15) is 6.42 Å². The van der Waals surface area contributed by atoms with Crippen LogP contribution in [0.1, 0.15) is 24.8 Å². The molecule has 5 nitrogen and oxygen atoms in total. The second-order valence-electron chi connectivity index (χ2n) is 4.53. The maximum absolute atomic E-state index is 11.7. The van der Waals surface area contributed by atoms with Gasteiger partial charge in [-0.25, -0.2) is 0 Å². The predicted octanol–water partition coefficient (Wildman–Crippen LogP) is 1.97. The first-order valence-electron chi connectivity index (χ1n) is 6.19. The van der Waals surface area contributed by atoms with Crippen LogP contribution in [0, 0.1) is 18.3 Å². The van der Waals surface area contributed by atoms with Crippen molar-refractivity contribution >= 4 is 23.2 Å². The maximum Gasteiger partial charge on any atom is 0.238 e. The van der Waals surface area contributed by atoms with Gasteiger partial charge in [0.25, 0.3) is 0 Å². The third kappa shape index (κ3) is 2.91. The normalized spacial score (nSPS) is 14.3.